The lowest BCUT2D eigenvalue weighted by atomic mass is 10.1. The number of para-hydroxylation sites is 1. The number of ether oxygens (including phenoxy) is 1. The number of carbonyl (C=O) groups excluding carboxylic acids is 2. The SMILES string of the molecule is CCC[C@H](C(=O)[O-])N1C(=O)/C(=C/c2ccccc2OC)SC1=S. The standard InChI is InChI=1S/C16H17NO4S2/c1-3-6-11(15(19)20)17-14(18)13(23-16(17)22)9-10-7-4-5-8-12(10)21-2/h4-5,7-9,11H,3,6H2,1-2H3,(H,19,20)/p-1/b13-9-/t11-/m1/s1. The zero-order valence-corrected chi connectivity index (χ0v) is 14.4. The van der Waals surface area contributed by atoms with Crippen molar-refractivity contribution in [3.8, 4) is 5.75 Å². The van der Waals surface area contributed by atoms with Crippen LogP contribution in [0.3, 0.4) is 0 Å². The van der Waals surface area contributed by atoms with Crippen molar-refractivity contribution < 1.29 is 19.4 Å². The van der Waals surface area contributed by atoms with E-state index < -0.39 is 17.9 Å². The Bertz CT molecular complexity index is 672. The van der Waals surface area contributed by atoms with E-state index in [0.717, 1.165) is 22.2 Å². The summed E-state index contributed by atoms with van der Waals surface area (Å²) in [5, 5.41) is 11.3. The first-order chi connectivity index (χ1) is 11.0. The maximum absolute atomic E-state index is 12.6. The van der Waals surface area contributed by atoms with Gasteiger partial charge in [-0.25, -0.2) is 0 Å². The van der Waals surface area contributed by atoms with Crippen molar-refractivity contribution in [1.82, 2.24) is 4.90 Å². The van der Waals surface area contributed by atoms with Crippen molar-refractivity contribution in [3.05, 3.63) is 34.7 Å². The van der Waals surface area contributed by atoms with E-state index in [4.69, 9.17) is 17.0 Å². The molecule has 1 atom stereocenters. The van der Waals surface area contributed by atoms with Crippen LogP contribution in [0.25, 0.3) is 6.08 Å². The molecule has 1 fully saturated rings. The fourth-order valence-corrected chi connectivity index (χ4v) is 3.65. The third kappa shape index (κ3) is 3.73. The highest BCUT2D eigenvalue weighted by atomic mass is 32.2. The molecule has 0 N–H and O–H groups in total. The van der Waals surface area contributed by atoms with Crippen molar-refractivity contribution in [3.63, 3.8) is 0 Å². The van der Waals surface area contributed by atoms with Gasteiger partial charge in [0.15, 0.2) is 0 Å². The molecule has 0 aliphatic carbocycles. The number of benzene rings is 1. The Morgan fingerprint density at radius 1 is 1.48 bits per heavy atom. The number of thiocarbonyl (C=S) groups is 1. The smallest absolute Gasteiger partial charge is 0.266 e. The average Bonchev–Trinajstić information content (AvgIpc) is 2.79. The number of carboxylic acids is 1. The van der Waals surface area contributed by atoms with Crippen LogP contribution in [0.15, 0.2) is 29.2 Å². The van der Waals surface area contributed by atoms with Gasteiger partial charge in [-0.05, 0) is 18.6 Å². The van der Waals surface area contributed by atoms with Gasteiger partial charge < -0.3 is 14.6 Å². The van der Waals surface area contributed by atoms with Crippen molar-refractivity contribution >= 4 is 46.3 Å². The molecule has 1 amide bonds. The third-order valence-corrected chi connectivity index (χ3v) is 4.73. The van der Waals surface area contributed by atoms with E-state index in [-0.39, 0.29) is 4.32 Å². The number of hydrogen-bond acceptors (Lipinski definition) is 6. The van der Waals surface area contributed by atoms with Crippen LogP contribution >= 0.6 is 24.0 Å². The number of nitrogens with zero attached hydrogens (tertiary/aromatic N) is 1. The first-order valence-electron chi connectivity index (χ1n) is 7.10. The van der Waals surface area contributed by atoms with E-state index in [1.54, 1.807) is 19.3 Å². The molecule has 7 heteroatoms. The van der Waals surface area contributed by atoms with Gasteiger partial charge in [-0.2, -0.15) is 0 Å². The fraction of sp³-hybridized carbons (Fsp3) is 0.312. The number of thioether (sulfide) groups is 1. The number of carboxylic acid groups (broad SMARTS) is 1. The normalized spacial score (nSPS) is 17.7. The topological polar surface area (TPSA) is 69.7 Å². The molecular weight excluding hydrogens is 334 g/mol. The summed E-state index contributed by atoms with van der Waals surface area (Å²) in [6, 6.07) is 6.22. The number of carbonyl (C=O) groups is 2. The summed E-state index contributed by atoms with van der Waals surface area (Å²) in [6.45, 7) is 1.85. The van der Waals surface area contributed by atoms with Crippen LogP contribution in [0, 0.1) is 0 Å². The maximum Gasteiger partial charge on any atom is 0.266 e. The van der Waals surface area contributed by atoms with Crippen LogP contribution in [-0.4, -0.2) is 34.2 Å². The van der Waals surface area contributed by atoms with Crippen molar-refractivity contribution in [2.24, 2.45) is 0 Å². The summed E-state index contributed by atoms with van der Waals surface area (Å²) in [5.41, 5.74) is 0.732. The van der Waals surface area contributed by atoms with Crippen LogP contribution < -0.4 is 9.84 Å². The van der Waals surface area contributed by atoms with Gasteiger partial charge in [0.1, 0.15) is 10.1 Å². The fourth-order valence-electron chi connectivity index (χ4n) is 2.30. The molecule has 0 saturated carbocycles. The third-order valence-electron chi connectivity index (χ3n) is 3.39. The van der Waals surface area contributed by atoms with Crippen LogP contribution in [-0.2, 0) is 9.59 Å². The van der Waals surface area contributed by atoms with Gasteiger partial charge >= 0.3 is 0 Å². The predicted octanol–water partition coefficient (Wildman–Crippen LogP) is 1.81. The van der Waals surface area contributed by atoms with Gasteiger partial charge in [0.25, 0.3) is 5.91 Å². The van der Waals surface area contributed by atoms with Gasteiger partial charge in [-0.15, -0.1) is 0 Å². The zero-order valence-electron chi connectivity index (χ0n) is 12.8. The highest BCUT2D eigenvalue weighted by Crippen LogP contribution is 2.36. The Labute approximate surface area is 144 Å². The number of rotatable bonds is 6. The molecule has 23 heavy (non-hydrogen) atoms. The Hall–Kier alpha value is -1.86. The first kappa shape index (κ1) is 17.5. The van der Waals surface area contributed by atoms with Gasteiger partial charge in [-0.1, -0.05) is 55.5 Å². The van der Waals surface area contributed by atoms with Gasteiger partial charge in [0.2, 0.25) is 0 Å². The highest BCUT2D eigenvalue weighted by molar-refractivity contribution is 8.26. The summed E-state index contributed by atoms with van der Waals surface area (Å²) in [4.78, 5) is 25.4. The largest absolute Gasteiger partial charge is 0.548 e. The minimum atomic E-state index is -1.29. The molecule has 1 aliphatic rings. The number of aliphatic carboxylic acids is 1. The van der Waals surface area contributed by atoms with E-state index in [0.29, 0.717) is 23.5 Å². The molecule has 0 spiro atoms. The molecular formula is C16H16NO4S2-. The van der Waals surface area contributed by atoms with E-state index in [9.17, 15) is 14.7 Å². The molecule has 1 aromatic rings. The molecule has 122 valence electrons. The molecule has 0 radical (unpaired) electrons. The minimum Gasteiger partial charge on any atom is -0.548 e. The summed E-state index contributed by atoms with van der Waals surface area (Å²) < 4.78 is 5.49. The molecule has 2 rings (SSSR count). The highest BCUT2D eigenvalue weighted by Gasteiger charge is 2.37. The van der Waals surface area contributed by atoms with Crippen LogP contribution in [0.1, 0.15) is 25.3 Å². The minimum absolute atomic E-state index is 0.235. The second-order valence-corrected chi connectivity index (χ2v) is 6.59. The number of hydrogen-bond donors (Lipinski definition) is 0. The Kier molecular flexibility index (Phi) is 5.79. The first-order valence-corrected chi connectivity index (χ1v) is 8.33. The van der Waals surface area contributed by atoms with Crippen LogP contribution in [0.5, 0.6) is 5.75 Å². The molecule has 1 aliphatic heterocycles. The second kappa shape index (κ2) is 7.61. The van der Waals surface area contributed by atoms with Gasteiger partial charge in [-0.3, -0.25) is 9.69 Å². The number of methoxy groups -OCH3 is 1. The lowest BCUT2D eigenvalue weighted by Crippen LogP contribution is -2.49. The van der Waals surface area contributed by atoms with E-state index in [1.165, 1.54) is 0 Å². The van der Waals surface area contributed by atoms with Crippen LogP contribution in [0.2, 0.25) is 0 Å². The van der Waals surface area contributed by atoms with E-state index in [1.807, 2.05) is 25.1 Å². The average molecular weight is 350 g/mol. The van der Waals surface area contributed by atoms with Crippen molar-refractivity contribution in [2.75, 3.05) is 7.11 Å². The molecule has 1 heterocycles. The summed E-state index contributed by atoms with van der Waals surface area (Å²) >= 11 is 6.28. The van der Waals surface area contributed by atoms with Crippen molar-refractivity contribution in [2.45, 2.75) is 25.8 Å². The quantitative estimate of drug-likeness (QED) is 0.576. The molecule has 1 aromatic carbocycles. The lowest BCUT2D eigenvalue weighted by molar-refractivity contribution is -0.310. The maximum atomic E-state index is 12.6. The van der Waals surface area contributed by atoms with Crippen molar-refractivity contribution in [1.29, 1.82) is 0 Å². The van der Waals surface area contributed by atoms with Gasteiger partial charge in [0, 0.05) is 5.56 Å². The zero-order chi connectivity index (χ0) is 17.0. The molecule has 0 aromatic heterocycles. The Balaban J connectivity index is 2.34. The second-order valence-electron chi connectivity index (χ2n) is 4.92. The summed E-state index contributed by atoms with van der Waals surface area (Å²) in [7, 11) is 1.55. The van der Waals surface area contributed by atoms with E-state index >= 15 is 0 Å². The summed E-state index contributed by atoms with van der Waals surface area (Å²) in [6.07, 6.45) is 2.58. The van der Waals surface area contributed by atoms with Gasteiger partial charge in [0.05, 0.1) is 24.0 Å². The molecule has 1 saturated heterocycles. The Morgan fingerprint density at radius 3 is 2.78 bits per heavy atom. The summed E-state index contributed by atoms with van der Waals surface area (Å²) in [5.74, 6) is -1.07. The molecule has 5 nitrogen and oxygen atoms in total. The lowest BCUT2D eigenvalue weighted by Gasteiger charge is -2.27. The number of amides is 1. The molecule has 0 bridgehead atoms. The molecule has 0 unspecified atom stereocenters. The van der Waals surface area contributed by atoms with Crippen LogP contribution in [0.4, 0.5) is 0 Å². The predicted molar refractivity (Wildman–Crippen MR) is 91.7 cm³/mol. The monoisotopic (exact) mass is 350 g/mol. The van der Waals surface area contributed by atoms with E-state index in [2.05, 4.69) is 0 Å². The Morgan fingerprint density at radius 2 is 2.17 bits per heavy atom.